The number of benzene rings is 11. The van der Waals surface area contributed by atoms with Crippen molar-refractivity contribution in [1.29, 1.82) is 0 Å². The average molecular weight is 987 g/mol. The fraction of sp³-hybridized carbons (Fsp3) is 0. The van der Waals surface area contributed by atoms with E-state index in [2.05, 4.69) is 293 Å². The predicted molar refractivity (Wildman–Crippen MR) is 317 cm³/mol. The van der Waals surface area contributed by atoms with Gasteiger partial charge in [-0.15, -0.1) is 0 Å². The van der Waals surface area contributed by atoms with E-state index in [1.165, 1.54) is 31.5 Å². The van der Waals surface area contributed by atoms with E-state index in [-0.39, 0.29) is 0 Å². The molecule has 0 bridgehead atoms. The van der Waals surface area contributed by atoms with Gasteiger partial charge in [0, 0.05) is 43.4 Å². The summed E-state index contributed by atoms with van der Waals surface area (Å²) < 4.78 is 6.87. The predicted octanol–water partition coefficient (Wildman–Crippen LogP) is 13.9. The Labute approximate surface area is 439 Å². The van der Waals surface area contributed by atoms with E-state index in [1.807, 2.05) is 0 Å². The van der Waals surface area contributed by atoms with Crippen LogP contribution in [0.25, 0.3) is 106 Å². The quantitative estimate of drug-likeness (QED) is 0.107. The van der Waals surface area contributed by atoms with Gasteiger partial charge < -0.3 is 4.57 Å². The molecule has 0 saturated heterocycles. The zero-order chi connectivity index (χ0) is 50.2. The normalized spacial score (nSPS) is 11.9. The third kappa shape index (κ3) is 6.69. The molecule has 4 heterocycles. The molecule has 6 nitrogen and oxygen atoms in total. The van der Waals surface area contributed by atoms with Gasteiger partial charge in [0.25, 0.3) is 0 Å². The second-order valence-electron chi connectivity index (χ2n) is 19.5. The minimum Gasteiger partial charge on any atom is -0.309 e. The number of hydrogen-bond acceptors (Lipinski definition) is 3. The minimum atomic E-state index is -3.17. The Morgan fingerprint density at radius 3 is 0.961 bits per heavy atom. The van der Waals surface area contributed by atoms with Gasteiger partial charge in [0.15, 0.2) is 13.9 Å². The van der Waals surface area contributed by atoms with Gasteiger partial charge in [0.05, 0.1) is 38.8 Å². The molecule has 76 heavy (non-hydrogen) atoms. The first-order chi connectivity index (χ1) is 37.7. The number of fused-ring (bicyclic) bond motifs is 9. The maximum atomic E-state index is 5.68. The molecule has 0 fully saturated rings. The Bertz CT molecular complexity index is 4320. The van der Waals surface area contributed by atoms with E-state index in [1.54, 1.807) is 0 Å². The summed E-state index contributed by atoms with van der Waals surface area (Å²) >= 11 is 0. The van der Waals surface area contributed by atoms with Crippen LogP contribution in [0.2, 0.25) is 0 Å². The fourth-order valence-electron chi connectivity index (χ4n) is 12.2. The van der Waals surface area contributed by atoms with Gasteiger partial charge >= 0.3 is 0 Å². The lowest BCUT2D eigenvalue weighted by atomic mass is 10.0. The summed E-state index contributed by atoms with van der Waals surface area (Å²) in [5.41, 5.74) is 10.5. The Morgan fingerprint density at radius 1 is 0.250 bits per heavy atom. The van der Waals surface area contributed by atoms with Crippen molar-refractivity contribution in [2.24, 2.45) is 0 Å². The molecule has 15 rings (SSSR count). The largest absolute Gasteiger partial charge is 0.309 e. The second kappa shape index (κ2) is 17.6. The second-order valence-corrected chi connectivity index (χ2v) is 23.3. The maximum Gasteiger partial charge on any atom is 0.240 e. The van der Waals surface area contributed by atoms with Crippen molar-refractivity contribution < 1.29 is 0 Å². The van der Waals surface area contributed by atoms with Gasteiger partial charge in [0.1, 0.15) is 0 Å². The molecule has 0 amide bonds. The maximum absolute atomic E-state index is 5.68. The summed E-state index contributed by atoms with van der Waals surface area (Å²) in [6, 6.07) is 101. The molecule has 15 aromatic rings. The first-order valence-electron chi connectivity index (χ1n) is 25.9. The van der Waals surface area contributed by atoms with Crippen LogP contribution in [-0.4, -0.2) is 36.7 Å². The van der Waals surface area contributed by atoms with Gasteiger partial charge in [-0.3, -0.25) is 9.13 Å². The highest BCUT2D eigenvalue weighted by Gasteiger charge is 2.42. The van der Waals surface area contributed by atoms with Crippen LogP contribution >= 0.6 is 0 Å². The first kappa shape index (κ1) is 43.6. The monoisotopic (exact) mass is 986 g/mol. The molecule has 0 atom stereocenters. The van der Waals surface area contributed by atoms with Gasteiger partial charge in [-0.25, -0.2) is 0 Å². The Balaban J connectivity index is 1.09. The summed E-state index contributed by atoms with van der Waals surface area (Å²) in [6.45, 7) is 0. The van der Waals surface area contributed by atoms with E-state index in [4.69, 9.17) is 15.0 Å². The van der Waals surface area contributed by atoms with Gasteiger partial charge in [-0.2, -0.15) is 15.0 Å². The standard InChI is InChI=1S/C69H46N6Si/c1-4-24-49(25-5-1)76(50-26-6-2-7-27-50,51-28-8-3-9-29-51)52-45-47(53-30-10-17-37-60(53)73-61-38-18-11-31-54(61)55-32-12-19-39-62(55)73)44-48(46-52)67-70-68(74-63-40-20-13-33-56(63)57-34-14-21-41-64(57)74)72-69(71-67)75-65-42-22-15-35-58(65)59-36-16-23-43-66(59)75/h1-46H. The van der Waals surface area contributed by atoms with Crippen molar-refractivity contribution in [3.8, 4) is 40.1 Å². The molecule has 7 heteroatoms. The molecule has 0 spiro atoms. The molecule has 0 aliphatic rings. The van der Waals surface area contributed by atoms with Crippen molar-refractivity contribution in [3.63, 3.8) is 0 Å². The SMILES string of the molecule is c1ccc([Si](c2ccccc2)(c2ccccc2)c2cc(-c3nc(-n4c5ccccc5c5ccccc54)nc(-n4c5ccccc5c5ccccc54)n3)cc(-c3ccccc3-n3c4ccccc4c4ccccc43)c2)cc1. The molecule has 0 N–H and O–H groups in total. The van der Waals surface area contributed by atoms with E-state index in [0.29, 0.717) is 17.7 Å². The van der Waals surface area contributed by atoms with Crippen LogP contribution in [0, 0.1) is 0 Å². The van der Waals surface area contributed by atoms with E-state index in [0.717, 1.165) is 77.0 Å². The summed E-state index contributed by atoms with van der Waals surface area (Å²) in [5, 5.41) is 12.0. The van der Waals surface area contributed by atoms with Crippen molar-refractivity contribution in [1.82, 2.24) is 28.7 Å². The van der Waals surface area contributed by atoms with Crippen molar-refractivity contribution in [2.75, 3.05) is 0 Å². The smallest absolute Gasteiger partial charge is 0.240 e. The molecule has 0 radical (unpaired) electrons. The lowest BCUT2D eigenvalue weighted by Crippen LogP contribution is -2.74. The first-order valence-corrected chi connectivity index (χ1v) is 27.9. The topological polar surface area (TPSA) is 53.5 Å². The summed E-state index contributed by atoms with van der Waals surface area (Å²) in [4.78, 5) is 16.9. The molecule has 0 aliphatic carbocycles. The Morgan fingerprint density at radius 2 is 0.566 bits per heavy atom. The van der Waals surface area contributed by atoms with Crippen LogP contribution in [0.1, 0.15) is 0 Å². The number of aromatic nitrogens is 6. The fourth-order valence-corrected chi connectivity index (χ4v) is 17.1. The molecule has 0 unspecified atom stereocenters. The third-order valence-corrected chi connectivity index (χ3v) is 20.2. The number of rotatable bonds is 9. The van der Waals surface area contributed by atoms with Crippen LogP contribution in [-0.2, 0) is 0 Å². The van der Waals surface area contributed by atoms with Crippen molar-refractivity contribution in [3.05, 3.63) is 279 Å². The van der Waals surface area contributed by atoms with Crippen molar-refractivity contribution in [2.45, 2.75) is 0 Å². The minimum absolute atomic E-state index is 0.537. The number of hydrogen-bond donors (Lipinski definition) is 0. The Kier molecular flexibility index (Phi) is 10.1. The lowest BCUT2D eigenvalue weighted by molar-refractivity contribution is 0.893. The summed E-state index contributed by atoms with van der Waals surface area (Å²) in [6.07, 6.45) is 0. The summed E-state index contributed by atoms with van der Waals surface area (Å²) in [7, 11) is -3.17. The summed E-state index contributed by atoms with van der Waals surface area (Å²) in [5.74, 6) is 1.64. The molecular formula is C69H46N6Si. The molecule has 356 valence electrons. The zero-order valence-electron chi connectivity index (χ0n) is 41.2. The van der Waals surface area contributed by atoms with Gasteiger partial charge in [-0.1, -0.05) is 231 Å². The molecule has 11 aromatic carbocycles. The van der Waals surface area contributed by atoms with Crippen LogP contribution in [0.3, 0.4) is 0 Å². The van der Waals surface area contributed by atoms with Crippen LogP contribution in [0.5, 0.6) is 0 Å². The number of para-hydroxylation sites is 7. The van der Waals surface area contributed by atoms with Gasteiger partial charge in [0.2, 0.25) is 11.9 Å². The lowest BCUT2D eigenvalue weighted by Gasteiger charge is -2.35. The van der Waals surface area contributed by atoms with E-state index < -0.39 is 8.07 Å². The van der Waals surface area contributed by atoms with Crippen LogP contribution in [0.15, 0.2) is 279 Å². The highest BCUT2D eigenvalue weighted by atomic mass is 28.3. The van der Waals surface area contributed by atoms with Crippen LogP contribution < -0.4 is 20.7 Å². The Hall–Kier alpha value is -9.95. The zero-order valence-corrected chi connectivity index (χ0v) is 42.2. The average Bonchev–Trinajstić information content (AvgIpc) is 4.14. The van der Waals surface area contributed by atoms with Gasteiger partial charge in [-0.05, 0) is 74.8 Å². The molecular weight excluding hydrogens is 941 g/mol. The van der Waals surface area contributed by atoms with Crippen LogP contribution in [0.4, 0.5) is 0 Å². The molecule has 0 aliphatic heterocycles. The molecule has 0 saturated carbocycles. The third-order valence-electron chi connectivity index (χ3n) is 15.5. The van der Waals surface area contributed by atoms with E-state index in [9.17, 15) is 0 Å². The van der Waals surface area contributed by atoms with Crippen molar-refractivity contribution >= 4 is 94.2 Å². The molecule has 4 aromatic heterocycles. The number of nitrogens with zero attached hydrogens (tertiary/aromatic N) is 6. The van der Waals surface area contributed by atoms with E-state index >= 15 is 0 Å². The highest BCUT2D eigenvalue weighted by Crippen LogP contribution is 2.39. The highest BCUT2D eigenvalue weighted by molar-refractivity contribution is 7.20.